The molecule has 1 amide bonds. The molecule has 28 heavy (non-hydrogen) atoms. The number of ether oxygens (including phenoxy) is 2. The van der Waals surface area contributed by atoms with Crippen LogP contribution in [0.5, 0.6) is 11.5 Å². The molecule has 7 nitrogen and oxygen atoms in total. The summed E-state index contributed by atoms with van der Waals surface area (Å²) in [5.41, 5.74) is 2.45. The molecule has 0 aliphatic heterocycles. The average Bonchev–Trinajstić information content (AvgIpc) is 2.64. The van der Waals surface area contributed by atoms with Gasteiger partial charge in [0, 0.05) is 23.3 Å². The number of nitrogens with one attached hydrogen (secondary N) is 2. The Balaban J connectivity index is 2.02. The first kappa shape index (κ1) is 21.5. The van der Waals surface area contributed by atoms with Gasteiger partial charge in [-0.25, -0.2) is 0 Å². The Morgan fingerprint density at radius 2 is 1.79 bits per heavy atom. The number of hydrogen-bond acceptors (Lipinski definition) is 5. The van der Waals surface area contributed by atoms with Crippen molar-refractivity contribution in [3.8, 4) is 11.5 Å². The molecule has 2 aromatic carbocycles. The first-order valence-electron chi connectivity index (χ1n) is 8.76. The van der Waals surface area contributed by atoms with Crippen LogP contribution in [-0.2, 0) is 16.1 Å². The molecule has 3 N–H and O–H groups in total. The lowest BCUT2D eigenvalue weighted by molar-refractivity contribution is -0.136. The van der Waals surface area contributed by atoms with Gasteiger partial charge in [0.1, 0.15) is 0 Å². The van der Waals surface area contributed by atoms with Crippen molar-refractivity contribution in [3.05, 3.63) is 52.5 Å². The van der Waals surface area contributed by atoms with Gasteiger partial charge in [-0.15, -0.1) is 0 Å². The van der Waals surface area contributed by atoms with Crippen LogP contribution in [0, 0.1) is 6.92 Å². The molecule has 0 unspecified atom stereocenters. The van der Waals surface area contributed by atoms with Crippen molar-refractivity contribution in [2.75, 3.05) is 25.1 Å². The number of halogens is 1. The van der Waals surface area contributed by atoms with Gasteiger partial charge in [-0.2, -0.15) is 0 Å². The number of carboxylic acids is 1. The number of carbonyl (C=O) groups excluding carboxylic acids is 1. The van der Waals surface area contributed by atoms with Crippen LogP contribution in [0.3, 0.4) is 0 Å². The fourth-order valence-corrected chi connectivity index (χ4v) is 2.60. The molecule has 0 aliphatic carbocycles. The van der Waals surface area contributed by atoms with Crippen molar-refractivity contribution in [1.29, 1.82) is 0 Å². The topological polar surface area (TPSA) is 96.9 Å². The summed E-state index contributed by atoms with van der Waals surface area (Å²) in [4.78, 5) is 22.7. The van der Waals surface area contributed by atoms with Gasteiger partial charge in [0.05, 0.1) is 13.2 Å². The molecule has 0 saturated heterocycles. The number of aliphatic carboxylic acids is 1. The molecule has 0 aromatic heterocycles. The van der Waals surface area contributed by atoms with E-state index in [1.54, 1.807) is 12.1 Å². The Labute approximate surface area is 168 Å². The van der Waals surface area contributed by atoms with Crippen molar-refractivity contribution < 1.29 is 24.2 Å². The van der Waals surface area contributed by atoms with Gasteiger partial charge in [-0.3, -0.25) is 9.59 Å². The van der Waals surface area contributed by atoms with Crippen LogP contribution in [0.25, 0.3) is 0 Å². The van der Waals surface area contributed by atoms with E-state index in [9.17, 15) is 9.59 Å². The fraction of sp³-hybridized carbons (Fsp3) is 0.300. The predicted octanol–water partition coefficient (Wildman–Crippen LogP) is 3.24. The summed E-state index contributed by atoms with van der Waals surface area (Å²) in [6, 6.07) is 10.7. The van der Waals surface area contributed by atoms with Crippen molar-refractivity contribution in [2.45, 2.75) is 20.4 Å². The number of benzene rings is 2. The van der Waals surface area contributed by atoms with Crippen LogP contribution in [0.2, 0.25) is 5.02 Å². The first-order valence-corrected chi connectivity index (χ1v) is 9.14. The molecule has 8 heteroatoms. The minimum atomic E-state index is -0.958. The molecule has 2 aromatic rings. The van der Waals surface area contributed by atoms with E-state index in [4.69, 9.17) is 26.2 Å². The molecule has 0 spiro atoms. The Hall–Kier alpha value is -2.77. The highest BCUT2D eigenvalue weighted by atomic mass is 35.5. The zero-order chi connectivity index (χ0) is 20.5. The van der Waals surface area contributed by atoms with Crippen LogP contribution in [0.15, 0.2) is 36.4 Å². The summed E-state index contributed by atoms with van der Waals surface area (Å²) >= 11 is 6.25. The highest BCUT2D eigenvalue weighted by Gasteiger charge is 2.13. The summed E-state index contributed by atoms with van der Waals surface area (Å²) in [6.45, 7) is 4.06. The second-order valence-electron chi connectivity index (χ2n) is 6.02. The third-order valence-corrected chi connectivity index (χ3v) is 4.05. The van der Waals surface area contributed by atoms with Crippen LogP contribution >= 0.6 is 11.6 Å². The van der Waals surface area contributed by atoms with E-state index >= 15 is 0 Å². The zero-order valence-corrected chi connectivity index (χ0v) is 16.5. The fourth-order valence-electron chi connectivity index (χ4n) is 2.38. The van der Waals surface area contributed by atoms with E-state index in [0.717, 1.165) is 5.56 Å². The van der Waals surface area contributed by atoms with Crippen LogP contribution < -0.4 is 20.1 Å². The number of carbonyl (C=O) groups is 2. The van der Waals surface area contributed by atoms with Gasteiger partial charge in [-0.05, 0) is 37.6 Å². The number of rotatable bonds is 10. The normalized spacial score (nSPS) is 10.4. The molecule has 0 bridgehead atoms. The Bertz CT molecular complexity index is 824. The highest BCUT2D eigenvalue weighted by molar-refractivity contribution is 6.31. The number of aryl methyl sites for hydroxylation is 1. The first-order chi connectivity index (χ1) is 13.4. The van der Waals surface area contributed by atoms with Gasteiger partial charge < -0.3 is 25.2 Å². The van der Waals surface area contributed by atoms with E-state index in [1.165, 1.54) is 0 Å². The molecule has 0 fully saturated rings. The molecular weight excluding hydrogens is 384 g/mol. The molecular formula is C20H23ClN2O5. The maximum absolute atomic E-state index is 12.1. The van der Waals surface area contributed by atoms with Crippen LogP contribution in [0.1, 0.15) is 18.1 Å². The van der Waals surface area contributed by atoms with Gasteiger partial charge in [0.15, 0.2) is 18.1 Å². The quantitative estimate of drug-likeness (QED) is 0.560. The summed E-state index contributed by atoms with van der Waals surface area (Å²) in [7, 11) is 0. The third-order valence-electron chi connectivity index (χ3n) is 3.70. The zero-order valence-electron chi connectivity index (χ0n) is 15.8. The van der Waals surface area contributed by atoms with Gasteiger partial charge >= 0.3 is 5.97 Å². The summed E-state index contributed by atoms with van der Waals surface area (Å²) in [5, 5.41) is 14.6. The summed E-state index contributed by atoms with van der Waals surface area (Å²) in [6.07, 6.45) is 0. The largest absolute Gasteiger partial charge is 0.490 e. The summed E-state index contributed by atoms with van der Waals surface area (Å²) < 4.78 is 11.2. The number of hydrogen-bond donors (Lipinski definition) is 3. The molecule has 0 atom stereocenters. The van der Waals surface area contributed by atoms with Crippen molar-refractivity contribution in [1.82, 2.24) is 5.32 Å². The van der Waals surface area contributed by atoms with E-state index in [0.29, 0.717) is 34.4 Å². The van der Waals surface area contributed by atoms with Gasteiger partial charge in [0.2, 0.25) is 0 Å². The van der Waals surface area contributed by atoms with E-state index < -0.39 is 5.97 Å². The minimum Gasteiger partial charge on any atom is -0.490 e. The second kappa shape index (κ2) is 10.5. The van der Waals surface area contributed by atoms with Crippen LogP contribution in [-0.4, -0.2) is 36.7 Å². The van der Waals surface area contributed by atoms with Crippen molar-refractivity contribution >= 4 is 29.2 Å². The number of amides is 1. The highest BCUT2D eigenvalue weighted by Crippen LogP contribution is 2.33. The standard InChI is InChI=1S/C20H23ClN2O5/c1-3-27-17-8-14(10-22-11-20(25)26)16(21)9-18(17)28-12-19(24)23-15-6-4-13(2)5-7-15/h4-9,22H,3,10-12H2,1-2H3,(H,23,24)(H,25,26). The van der Waals surface area contributed by atoms with E-state index in [1.807, 2.05) is 38.1 Å². The number of carboxylic acid groups (broad SMARTS) is 1. The molecule has 150 valence electrons. The van der Waals surface area contributed by atoms with E-state index in [-0.39, 0.29) is 25.6 Å². The smallest absolute Gasteiger partial charge is 0.317 e. The Morgan fingerprint density at radius 3 is 2.43 bits per heavy atom. The molecule has 0 heterocycles. The molecule has 0 saturated carbocycles. The third kappa shape index (κ3) is 6.75. The lowest BCUT2D eigenvalue weighted by Crippen LogP contribution is -2.22. The minimum absolute atomic E-state index is 0.183. The molecule has 0 aliphatic rings. The number of anilines is 1. The van der Waals surface area contributed by atoms with Crippen LogP contribution in [0.4, 0.5) is 5.69 Å². The monoisotopic (exact) mass is 406 g/mol. The molecule has 2 rings (SSSR count). The Morgan fingerprint density at radius 1 is 1.11 bits per heavy atom. The lowest BCUT2D eigenvalue weighted by Gasteiger charge is -2.15. The van der Waals surface area contributed by atoms with Crippen molar-refractivity contribution in [3.63, 3.8) is 0 Å². The summed E-state index contributed by atoms with van der Waals surface area (Å²) in [5.74, 6) is -0.495. The Kier molecular flexibility index (Phi) is 8.10. The maximum Gasteiger partial charge on any atom is 0.317 e. The van der Waals surface area contributed by atoms with Crippen molar-refractivity contribution in [2.24, 2.45) is 0 Å². The van der Waals surface area contributed by atoms with Gasteiger partial charge in [0.25, 0.3) is 5.91 Å². The SMILES string of the molecule is CCOc1cc(CNCC(=O)O)c(Cl)cc1OCC(=O)Nc1ccc(C)cc1. The predicted molar refractivity (Wildman–Crippen MR) is 107 cm³/mol. The lowest BCUT2D eigenvalue weighted by atomic mass is 10.2. The molecule has 0 radical (unpaired) electrons. The maximum atomic E-state index is 12.1. The van der Waals surface area contributed by atoms with E-state index in [2.05, 4.69) is 10.6 Å². The average molecular weight is 407 g/mol. The van der Waals surface area contributed by atoms with Gasteiger partial charge in [-0.1, -0.05) is 29.3 Å². The second-order valence-corrected chi connectivity index (χ2v) is 6.43.